The number of carbonyl (C=O) groups is 2. The number of aryl methyl sites for hydroxylation is 1. The Morgan fingerprint density at radius 2 is 1.92 bits per heavy atom. The van der Waals surface area contributed by atoms with Crippen molar-refractivity contribution in [2.24, 2.45) is 0 Å². The standard InChI is InChI=1S/C19H22N2O3/c1-4-20-19(23)14-6-5-7-16(11-14)21-18(22)12-15-10-13(2)8-9-17(15)24-3/h5-11H,4,12H2,1-3H3,(H,20,23)(H,21,22). The number of hydrogen-bond donors (Lipinski definition) is 2. The summed E-state index contributed by atoms with van der Waals surface area (Å²) in [6.45, 7) is 4.39. The van der Waals surface area contributed by atoms with Gasteiger partial charge in [0, 0.05) is 23.4 Å². The van der Waals surface area contributed by atoms with E-state index >= 15 is 0 Å². The predicted octanol–water partition coefficient (Wildman–Crippen LogP) is 2.93. The Morgan fingerprint density at radius 1 is 1.12 bits per heavy atom. The monoisotopic (exact) mass is 326 g/mol. The molecule has 0 heterocycles. The number of carbonyl (C=O) groups excluding carboxylic acids is 2. The quantitative estimate of drug-likeness (QED) is 0.857. The summed E-state index contributed by atoms with van der Waals surface area (Å²) >= 11 is 0. The van der Waals surface area contributed by atoms with E-state index < -0.39 is 0 Å². The smallest absolute Gasteiger partial charge is 0.251 e. The first kappa shape index (κ1) is 17.5. The number of methoxy groups -OCH3 is 1. The summed E-state index contributed by atoms with van der Waals surface area (Å²) in [4.78, 5) is 24.2. The summed E-state index contributed by atoms with van der Waals surface area (Å²) in [6, 6.07) is 12.6. The fourth-order valence-corrected chi connectivity index (χ4v) is 2.42. The van der Waals surface area contributed by atoms with Crippen LogP contribution in [0.1, 0.15) is 28.4 Å². The first-order valence-corrected chi connectivity index (χ1v) is 7.85. The molecule has 0 aliphatic rings. The molecule has 0 fully saturated rings. The van der Waals surface area contributed by atoms with E-state index in [2.05, 4.69) is 10.6 Å². The van der Waals surface area contributed by atoms with Gasteiger partial charge in [-0.05, 0) is 38.1 Å². The van der Waals surface area contributed by atoms with E-state index in [9.17, 15) is 9.59 Å². The van der Waals surface area contributed by atoms with Crippen molar-refractivity contribution >= 4 is 17.5 Å². The van der Waals surface area contributed by atoms with Crippen molar-refractivity contribution in [2.45, 2.75) is 20.3 Å². The van der Waals surface area contributed by atoms with Gasteiger partial charge in [0.15, 0.2) is 0 Å². The summed E-state index contributed by atoms with van der Waals surface area (Å²) in [5.41, 5.74) is 3.00. The van der Waals surface area contributed by atoms with E-state index in [-0.39, 0.29) is 18.2 Å². The number of amides is 2. The van der Waals surface area contributed by atoms with Crippen LogP contribution in [0.5, 0.6) is 5.75 Å². The Labute approximate surface area is 142 Å². The summed E-state index contributed by atoms with van der Waals surface area (Å²) in [7, 11) is 1.59. The van der Waals surface area contributed by atoms with E-state index in [1.165, 1.54) is 0 Å². The van der Waals surface area contributed by atoms with Crippen LogP contribution in [0.4, 0.5) is 5.69 Å². The van der Waals surface area contributed by atoms with E-state index in [0.29, 0.717) is 23.5 Å². The number of ether oxygens (including phenoxy) is 1. The molecule has 126 valence electrons. The molecule has 0 aliphatic carbocycles. The van der Waals surface area contributed by atoms with Gasteiger partial charge < -0.3 is 15.4 Å². The molecular weight excluding hydrogens is 304 g/mol. The summed E-state index contributed by atoms with van der Waals surface area (Å²) in [5, 5.41) is 5.56. The second-order valence-electron chi connectivity index (χ2n) is 5.48. The van der Waals surface area contributed by atoms with Crippen LogP contribution in [-0.2, 0) is 11.2 Å². The van der Waals surface area contributed by atoms with Gasteiger partial charge in [0.2, 0.25) is 5.91 Å². The van der Waals surface area contributed by atoms with Crippen molar-refractivity contribution in [3.8, 4) is 5.75 Å². The van der Waals surface area contributed by atoms with Crippen molar-refractivity contribution in [1.29, 1.82) is 0 Å². The zero-order valence-electron chi connectivity index (χ0n) is 14.2. The van der Waals surface area contributed by atoms with Gasteiger partial charge in [0.1, 0.15) is 5.75 Å². The zero-order valence-corrected chi connectivity index (χ0v) is 14.2. The lowest BCUT2D eigenvalue weighted by Crippen LogP contribution is -2.23. The Kier molecular flexibility index (Phi) is 5.95. The summed E-state index contributed by atoms with van der Waals surface area (Å²) in [5.74, 6) is 0.368. The van der Waals surface area contributed by atoms with Gasteiger partial charge in [-0.25, -0.2) is 0 Å². The van der Waals surface area contributed by atoms with Gasteiger partial charge in [-0.3, -0.25) is 9.59 Å². The number of hydrogen-bond acceptors (Lipinski definition) is 3. The van der Waals surface area contributed by atoms with Crippen molar-refractivity contribution in [2.75, 3.05) is 19.0 Å². The molecule has 24 heavy (non-hydrogen) atoms. The predicted molar refractivity (Wildman–Crippen MR) is 94.5 cm³/mol. The highest BCUT2D eigenvalue weighted by atomic mass is 16.5. The molecule has 0 saturated carbocycles. The lowest BCUT2D eigenvalue weighted by atomic mass is 10.1. The Morgan fingerprint density at radius 3 is 2.62 bits per heavy atom. The molecule has 0 spiro atoms. The SMILES string of the molecule is CCNC(=O)c1cccc(NC(=O)Cc2cc(C)ccc2OC)c1. The molecule has 0 bridgehead atoms. The molecule has 2 amide bonds. The average molecular weight is 326 g/mol. The molecule has 2 rings (SSSR count). The first-order valence-electron chi connectivity index (χ1n) is 7.85. The molecule has 0 aromatic heterocycles. The molecule has 2 N–H and O–H groups in total. The van der Waals surface area contributed by atoms with E-state index in [0.717, 1.165) is 11.1 Å². The molecule has 0 aliphatic heterocycles. The highest BCUT2D eigenvalue weighted by Crippen LogP contribution is 2.21. The van der Waals surface area contributed by atoms with Gasteiger partial charge in [0.05, 0.1) is 13.5 Å². The maximum atomic E-state index is 12.3. The molecule has 0 unspecified atom stereocenters. The van der Waals surface area contributed by atoms with Gasteiger partial charge in [0.25, 0.3) is 5.91 Å². The lowest BCUT2D eigenvalue weighted by molar-refractivity contribution is -0.115. The Bertz CT molecular complexity index is 741. The fraction of sp³-hybridized carbons (Fsp3) is 0.263. The number of anilines is 1. The highest BCUT2D eigenvalue weighted by Gasteiger charge is 2.11. The number of benzene rings is 2. The van der Waals surface area contributed by atoms with E-state index in [4.69, 9.17) is 4.74 Å². The minimum atomic E-state index is -0.160. The minimum absolute atomic E-state index is 0.158. The Balaban J connectivity index is 2.09. The normalized spacial score (nSPS) is 10.1. The number of nitrogens with one attached hydrogen (secondary N) is 2. The second kappa shape index (κ2) is 8.15. The fourth-order valence-electron chi connectivity index (χ4n) is 2.42. The van der Waals surface area contributed by atoms with E-state index in [1.807, 2.05) is 32.0 Å². The lowest BCUT2D eigenvalue weighted by Gasteiger charge is -2.11. The van der Waals surface area contributed by atoms with Crippen LogP contribution in [0, 0.1) is 6.92 Å². The largest absolute Gasteiger partial charge is 0.496 e. The van der Waals surface area contributed by atoms with Crippen molar-refractivity contribution in [3.05, 3.63) is 59.2 Å². The molecule has 5 heteroatoms. The third kappa shape index (κ3) is 4.59. The average Bonchev–Trinajstić information content (AvgIpc) is 2.55. The maximum Gasteiger partial charge on any atom is 0.251 e. The van der Waals surface area contributed by atoms with Crippen molar-refractivity contribution in [1.82, 2.24) is 5.32 Å². The minimum Gasteiger partial charge on any atom is -0.496 e. The van der Waals surface area contributed by atoms with Crippen LogP contribution in [0.25, 0.3) is 0 Å². The van der Waals surface area contributed by atoms with Gasteiger partial charge in [-0.1, -0.05) is 23.8 Å². The van der Waals surface area contributed by atoms with Crippen LogP contribution in [0.2, 0.25) is 0 Å². The topological polar surface area (TPSA) is 67.4 Å². The van der Waals surface area contributed by atoms with Crippen LogP contribution < -0.4 is 15.4 Å². The molecule has 5 nitrogen and oxygen atoms in total. The third-order valence-corrected chi connectivity index (χ3v) is 3.53. The van der Waals surface area contributed by atoms with Crippen LogP contribution in [-0.4, -0.2) is 25.5 Å². The summed E-state index contributed by atoms with van der Waals surface area (Å²) < 4.78 is 5.30. The third-order valence-electron chi connectivity index (χ3n) is 3.53. The molecule has 2 aromatic rings. The van der Waals surface area contributed by atoms with Crippen LogP contribution in [0.3, 0.4) is 0 Å². The molecule has 2 aromatic carbocycles. The van der Waals surface area contributed by atoms with Crippen molar-refractivity contribution < 1.29 is 14.3 Å². The second-order valence-corrected chi connectivity index (χ2v) is 5.48. The van der Waals surface area contributed by atoms with E-state index in [1.54, 1.807) is 31.4 Å². The molecule has 0 saturated heterocycles. The first-order chi connectivity index (χ1) is 11.5. The molecule has 0 atom stereocenters. The highest BCUT2D eigenvalue weighted by molar-refractivity contribution is 5.97. The Hall–Kier alpha value is -2.82. The molecular formula is C19H22N2O3. The molecule has 0 radical (unpaired) electrons. The van der Waals surface area contributed by atoms with Crippen molar-refractivity contribution in [3.63, 3.8) is 0 Å². The van der Waals surface area contributed by atoms with Crippen LogP contribution in [0.15, 0.2) is 42.5 Å². The number of rotatable bonds is 6. The van der Waals surface area contributed by atoms with Gasteiger partial charge in [-0.2, -0.15) is 0 Å². The zero-order chi connectivity index (χ0) is 17.5. The maximum absolute atomic E-state index is 12.3. The summed E-state index contributed by atoms with van der Waals surface area (Å²) in [6.07, 6.45) is 0.205. The van der Waals surface area contributed by atoms with Gasteiger partial charge >= 0.3 is 0 Å². The van der Waals surface area contributed by atoms with Gasteiger partial charge in [-0.15, -0.1) is 0 Å². The van der Waals surface area contributed by atoms with Crippen LogP contribution >= 0.6 is 0 Å².